The maximum Gasteiger partial charge on any atom is 0.270 e. The number of hydrogen-bond acceptors (Lipinski definition) is 3. The van der Waals surface area contributed by atoms with E-state index in [9.17, 15) is 9.59 Å². The van der Waals surface area contributed by atoms with Gasteiger partial charge in [-0.15, -0.1) is 0 Å². The highest BCUT2D eigenvalue weighted by Crippen LogP contribution is 2.20. The van der Waals surface area contributed by atoms with Crippen molar-refractivity contribution in [3.8, 4) is 0 Å². The molecule has 0 spiro atoms. The molecule has 0 fully saturated rings. The first-order valence-electron chi connectivity index (χ1n) is 6.75. The Balaban J connectivity index is 2.68. The highest BCUT2D eigenvalue weighted by Gasteiger charge is 2.20. The van der Waals surface area contributed by atoms with Gasteiger partial charge in [-0.05, 0) is 35.8 Å². The van der Waals surface area contributed by atoms with Crippen LogP contribution in [0.2, 0.25) is 0 Å². The molecule has 1 heterocycles. The van der Waals surface area contributed by atoms with Gasteiger partial charge in [0.25, 0.3) is 5.91 Å². The molecule has 0 atom stereocenters. The average Bonchev–Trinajstić information content (AvgIpc) is 2.80. The van der Waals surface area contributed by atoms with Crippen molar-refractivity contribution < 1.29 is 14.3 Å². The zero-order valence-electron chi connectivity index (χ0n) is 12.9. The fraction of sp³-hybridized carbons (Fsp3) is 0.571. The Kier molecular flexibility index (Phi) is 6.91. The maximum atomic E-state index is 12.4. The van der Waals surface area contributed by atoms with Crippen molar-refractivity contribution in [1.29, 1.82) is 0 Å². The second-order valence-corrected chi connectivity index (χ2v) is 5.96. The van der Waals surface area contributed by atoms with E-state index in [1.165, 1.54) is 4.90 Å². The van der Waals surface area contributed by atoms with E-state index in [0.717, 1.165) is 4.47 Å². The molecule has 2 amide bonds. The standard InChI is InChI=1S/C14H22BrN3O3/c1-10(2)18-8-11(15)7-12(18)14(20)17(3)9-13(19)16-5-6-21-4/h7-8,10H,5-6,9H2,1-4H3,(H,16,19). The number of hydrogen-bond donors (Lipinski definition) is 1. The Morgan fingerprint density at radius 3 is 2.71 bits per heavy atom. The van der Waals surface area contributed by atoms with Gasteiger partial charge >= 0.3 is 0 Å². The quantitative estimate of drug-likeness (QED) is 0.753. The van der Waals surface area contributed by atoms with Crippen LogP contribution in [0.1, 0.15) is 30.4 Å². The summed E-state index contributed by atoms with van der Waals surface area (Å²) >= 11 is 3.38. The van der Waals surface area contributed by atoms with Crippen molar-refractivity contribution in [2.75, 3.05) is 33.9 Å². The highest BCUT2D eigenvalue weighted by atomic mass is 79.9. The Labute approximate surface area is 133 Å². The molecule has 0 unspecified atom stereocenters. The second-order valence-electron chi connectivity index (χ2n) is 5.05. The van der Waals surface area contributed by atoms with Crippen LogP contribution in [0.4, 0.5) is 0 Å². The molecule has 0 aliphatic carbocycles. The van der Waals surface area contributed by atoms with E-state index >= 15 is 0 Å². The van der Waals surface area contributed by atoms with Crippen molar-refractivity contribution >= 4 is 27.7 Å². The number of ether oxygens (including phenoxy) is 1. The zero-order chi connectivity index (χ0) is 16.0. The molecule has 0 aromatic carbocycles. The van der Waals surface area contributed by atoms with Crippen LogP contribution in [0.3, 0.4) is 0 Å². The lowest BCUT2D eigenvalue weighted by atomic mass is 10.3. The Bertz CT molecular complexity index is 500. The molecule has 7 heteroatoms. The van der Waals surface area contributed by atoms with Gasteiger partial charge in [-0.25, -0.2) is 0 Å². The molecule has 1 aromatic rings. The number of likely N-dealkylation sites (N-methyl/N-ethyl adjacent to an activating group) is 1. The highest BCUT2D eigenvalue weighted by molar-refractivity contribution is 9.10. The van der Waals surface area contributed by atoms with Crippen LogP contribution in [-0.2, 0) is 9.53 Å². The number of nitrogens with zero attached hydrogens (tertiary/aromatic N) is 2. The number of carbonyl (C=O) groups is 2. The lowest BCUT2D eigenvalue weighted by Gasteiger charge is -2.19. The van der Waals surface area contributed by atoms with E-state index < -0.39 is 0 Å². The minimum Gasteiger partial charge on any atom is -0.383 e. The van der Waals surface area contributed by atoms with Crippen molar-refractivity contribution in [2.45, 2.75) is 19.9 Å². The Hall–Kier alpha value is -1.34. The predicted octanol–water partition coefficient (Wildman–Crippen LogP) is 1.67. The molecule has 1 aromatic heterocycles. The summed E-state index contributed by atoms with van der Waals surface area (Å²) in [5.41, 5.74) is 0.559. The van der Waals surface area contributed by atoms with Crippen molar-refractivity contribution in [2.24, 2.45) is 0 Å². The SMILES string of the molecule is COCCNC(=O)CN(C)C(=O)c1cc(Br)cn1C(C)C. The van der Waals surface area contributed by atoms with Crippen LogP contribution < -0.4 is 5.32 Å². The van der Waals surface area contributed by atoms with Crippen LogP contribution in [0.25, 0.3) is 0 Å². The second kappa shape index (κ2) is 8.19. The van der Waals surface area contributed by atoms with E-state index in [1.807, 2.05) is 24.6 Å². The molecule has 118 valence electrons. The summed E-state index contributed by atoms with van der Waals surface area (Å²) in [4.78, 5) is 25.5. The van der Waals surface area contributed by atoms with Crippen LogP contribution in [0, 0.1) is 0 Å². The van der Waals surface area contributed by atoms with Gasteiger partial charge in [-0.3, -0.25) is 9.59 Å². The van der Waals surface area contributed by atoms with Gasteiger partial charge in [-0.2, -0.15) is 0 Å². The molecular weight excluding hydrogens is 338 g/mol. The number of rotatable bonds is 7. The van der Waals surface area contributed by atoms with Gasteiger partial charge in [0.05, 0.1) is 13.2 Å². The normalized spacial score (nSPS) is 10.8. The van der Waals surface area contributed by atoms with Gasteiger partial charge in [-0.1, -0.05) is 0 Å². The molecule has 21 heavy (non-hydrogen) atoms. The molecule has 0 saturated carbocycles. The monoisotopic (exact) mass is 359 g/mol. The van der Waals surface area contributed by atoms with E-state index in [2.05, 4.69) is 21.2 Å². The fourth-order valence-corrected chi connectivity index (χ4v) is 2.31. The molecule has 0 aliphatic rings. The molecule has 0 saturated heterocycles. The molecule has 0 radical (unpaired) electrons. The van der Waals surface area contributed by atoms with Crippen LogP contribution >= 0.6 is 15.9 Å². The van der Waals surface area contributed by atoms with E-state index in [4.69, 9.17) is 4.74 Å². The third-order valence-electron chi connectivity index (χ3n) is 2.95. The largest absolute Gasteiger partial charge is 0.383 e. The molecular formula is C14H22BrN3O3. The van der Waals surface area contributed by atoms with E-state index in [1.54, 1.807) is 20.2 Å². The van der Waals surface area contributed by atoms with Gasteiger partial charge in [0.1, 0.15) is 5.69 Å². The van der Waals surface area contributed by atoms with Crippen LogP contribution in [0.5, 0.6) is 0 Å². The number of methoxy groups -OCH3 is 1. The summed E-state index contributed by atoms with van der Waals surface area (Å²) in [5, 5.41) is 2.69. The Morgan fingerprint density at radius 1 is 1.48 bits per heavy atom. The van der Waals surface area contributed by atoms with Gasteiger partial charge in [0.2, 0.25) is 5.91 Å². The molecule has 6 nitrogen and oxygen atoms in total. The smallest absolute Gasteiger partial charge is 0.270 e. The van der Waals surface area contributed by atoms with E-state index in [-0.39, 0.29) is 24.4 Å². The summed E-state index contributed by atoms with van der Waals surface area (Å²) in [5.74, 6) is -0.388. The fourth-order valence-electron chi connectivity index (χ4n) is 1.88. The summed E-state index contributed by atoms with van der Waals surface area (Å²) in [6, 6.07) is 1.93. The van der Waals surface area contributed by atoms with Gasteiger partial charge in [0, 0.05) is 37.4 Å². The van der Waals surface area contributed by atoms with Gasteiger partial charge in [0.15, 0.2) is 0 Å². The van der Waals surface area contributed by atoms with Crippen molar-refractivity contribution in [1.82, 2.24) is 14.8 Å². The Morgan fingerprint density at radius 2 is 2.14 bits per heavy atom. The minimum atomic E-state index is -0.204. The topological polar surface area (TPSA) is 63.6 Å². The first-order chi connectivity index (χ1) is 9.86. The van der Waals surface area contributed by atoms with Gasteiger partial charge < -0.3 is 19.5 Å². The number of amides is 2. The maximum absolute atomic E-state index is 12.4. The zero-order valence-corrected chi connectivity index (χ0v) is 14.4. The summed E-state index contributed by atoms with van der Waals surface area (Å²) < 4.78 is 7.58. The van der Waals surface area contributed by atoms with Crippen LogP contribution in [0.15, 0.2) is 16.7 Å². The van der Waals surface area contributed by atoms with E-state index in [0.29, 0.717) is 18.8 Å². The third-order valence-corrected chi connectivity index (χ3v) is 3.38. The van der Waals surface area contributed by atoms with Crippen LogP contribution in [-0.4, -0.2) is 55.1 Å². The van der Waals surface area contributed by atoms with Crippen molar-refractivity contribution in [3.63, 3.8) is 0 Å². The molecule has 1 rings (SSSR count). The predicted molar refractivity (Wildman–Crippen MR) is 84.4 cm³/mol. The molecule has 1 N–H and O–H groups in total. The minimum absolute atomic E-state index is 0.0173. The number of nitrogens with one attached hydrogen (secondary N) is 1. The number of aromatic nitrogens is 1. The summed E-state index contributed by atoms with van der Waals surface area (Å²) in [6.45, 7) is 4.91. The first kappa shape index (κ1) is 17.7. The average molecular weight is 360 g/mol. The third kappa shape index (κ3) is 5.17. The molecule has 0 aliphatic heterocycles. The first-order valence-corrected chi connectivity index (χ1v) is 7.54. The lowest BCUT2D eigenvalue weighted by Crippen LogP contribution is -2.40. The summed E-state index contributed by atoms with van der Waals surface area (Å²) in [7, 11) is 3.18. The number of halogens is 1. The number of carbonyl (C=O) groups excluding carboxylic acids is 2. The van der Waals surface area contributed by atoms with Crippen molar-refractivity contribution in [3.05, 3.63) is 22.4 Å². The summed E-state index contributed by atoms with van der Waals surface area (Å²) in [6.07, 6.45) is 1.87. The lowest BCUT2D eigenvalue weighted by molar-refractivity contribution is -0.121. The molecule has 0 bridgehead atoms.